The standard InChI is InChI=1S/C13H15FN2O3/c14-8-2-1-3-9-10(8)19-13(4-6-18-7-5-13)11(15)12(17)16-9/h1-3,11H,4-7,15H2,(H,16,17). The highest BCUT2D eigenvalue weighted by molar-refractivity contribution is 5.97. The molecule has 2 aliphatic heterocycles. The number of nitrogens with two attached hydrogens (primary N) is 1. The summed E-state index contributed by atoms with van der Waals surface area (Å²) in [6.07, 6.45) is 0.935. The SMILES string of the molecule is NC1C(=O)Nc2cccc(F)c2OC12CCOCC2. The van der Waals surface area contributed by atoms with Crippen molar-refractivity contribution in [3.8, 4) is 5.75 Å². The van der Waals surface area contributed by atoms with Gasteiger partial charge in [0.15, 0.2) is 11.6 Å². The second-order valence-electron chi connectivity index (χ2n) is 4.86. The lowest BCUT2D eigenvalue weighted by Crippen LogP contribution is -2.59. The maximum atomic E-state index is 13.9. The third-order valence-electron chi connectivity index (χ3n) is 3.72. The molecule has 1 spiro atoms. The van der Waals surface area contributed by atoms with E-state index < -0.39 is 17.5 Å². The molecule has 5 nitrogen and oxygen atoms in total. The number of hydrogen-bond donors (Lipinski definition) is 2. The van der Waals surface area contributed by atoms with Crippen LogP contribution in [0.1, 0.15) is 12.8 Å². The van der Waals surface area contributed by atoms with Gasteiger partial charge in [0.05, 0.1) is 18.9 Å². The van der Waals surface area contributed by atoms with E-state index in [1.165, 1.54) is 12.1 Å². The fourth-order valence-corrected chi connectivity index (χ4v) is 2.56. The highest BCUT2D eigenvalue weighted by Crippen LogP contribution is 2.39. The third kappa shape index (κ3) is 1.97. The van der Waals surface area contributed by atoms with Crippen molar-refractivity contribution in [3.63, 3.8) is 0 Å². The Labute approximate surface area is 109 Å². The van der Waals surface area contributed by atoms with Crippen LogP contribution in [0.5, 0.6) is 5.75 Å². The maximum absolute atomic E-state index is 13.9. The Morgan fingerprint density at radius 2 is 2.11 bits per heavy atom. The molecule has 6 heteroatoms. The third-order valence-corrected chi connectivity index (χ3v) is 3.72. The van der Waals surface area contributed by atoms with Crippen molar-refractivity contribution < 1.29 is 18.7 Å². The zero-order chi connectivity index (χ0) is 13.5. The van der Waals surface area contributed by atoms with Crippen LogP contribution in [0.2, 0.25) is 0 Å². The molecule has 19 heavy (non-hydrogen) atoms. The first-order chi connectivity index (χ1) is 9.12. The topological polar surface area (TPSA) is 73.6 Å². The molecular formula is C13H15FN2O3. The lowest BCUT2D eigenvalue weighted by molar-refractivity contribution is -0.126. The van der Waals surface area contributed by atoms with Gasteiger partial charge in [-0.1, -0.05) is 6.07 Å². The number of halogens is 1. The first-order valence-electron chi connectivity index (χ1n) is 6.24. The molecule has 1 aromatic carbocycles. The van der Waals surface area contributed by atoms with Crippen LogP contribution < -0.4 is 15.8 Å². The minimum Gasteiger partial charge on any atom is -0.480 e. The summed E-state index contributed by atoms with van der Waals surface area (Å²) < 4.78 is 25.0. The van der Waals surface area contributed by atoms with Crippen molar-refractivity contribution in [2.24, 2.45) is 5.73 Å². The first kappa shape index (κ1) is 12.4. The predicted molar refractivity (Wildman–Crippen MR) is 66.4 cm³/mol. The van der Waals surface area contributed by atoms with E-state index in [9.17, 15) is 9.18 Å². The highest BCUT2D eigenvalue weighted by Gasteiger charge is 2.47. The Morgan fingerprint density at radius 1 is 1.37 bits per heavy atom. The maximum Gasteiger partial charge on any atom is 0.245 e. The summed E-state index contributed by atoms with van der Waals surface area (Å²) in [6, 6.07) is 3.57. The lowest BCUT2D eigenvalue weighted by atomic mass is 9.86. The molecule has 2 aliphatic rings. The molecule has 0 bridgehead atoms. The van der Waals surface area contributed by atoms with E-state index in [1.54, 1.807) is 6.07 Å². The number of amides is 1. The van der Waals surface area contributed by atoms with Gasteiger partial charge in [-0.15, -0.1) is 0 Å². The molecule has 0 aromatic heterocycles. The zero-order valence-corrected chi connectivity index (χ0v) is 10.3. The van der Waals surface area contributed by atoms with Gasteiger partial charge in [-0.25, -0.2) is 4.39 Å². The average Bonchev–Trinajstić information content (AvgIpc) is 2.51. The summed E-state index contributed by atoms with van der Waals surface area (Å²) in [6.45, 7) is 0.898. The average molecular weight is 266 g/mol. The largest absolute Gasteiger partial charge is 0.480 e. The number of rotatable bonds is 0. The normalized spacial score (nSPS) is 25.2. The number of para-hydroxylation sites is 1. The van der Waals surface area contributed by atoms with Gasteiger partial charge in [0.1, 0.15) is 11.6 Å². The molecule has 1 fully saturated rings. The molecule has 1 amide bonds. The molecule has 102 valence electrons. The number of anilines is 1. The molecule has 1 unspecified atom stereocenters. The monoisotopic (exact) mass is 266 g/mol. The second kappa shape index (κ2) is 4.47. The molecule has 0 saturated carbocycles. The summed E-state index contributed by atoms with van der Waals surface area (Å²) in [5, 5.41) is 2.61. The van der Waals surface area contributed by atoms with Crippen LogP contribution >= 0.6 is 0 Å². The molecule has 1 atom stereocenters. The number of carbonyl (C=O) groups excluding carboxylic acids is 1. The van der Waals surface area contributed by atoms with Gasteiger partial charge >= 0.3 is 0 Å². The van der Waals surface area contributed by atoms with E-state index in [0.717, 1.165) is 0 Å². The number of benzene rings is 1. The van der Waals surface area contributed by atoms with Crippen molar-refractivity contribution in [3.05, 3.63) is 24.0 Å². The fraction of sp³-hybridized carbons (Fsp3) is 0.462. The highest BCUT2D eigenvalue weighted by atomic mass is 19.1. The number of hydrogen-bond acceptors (Lipinski definition) is 4. The Morgan fingerprint density at radius 3 is 2.84 bits per heavy atom. The van der Waals surface area contributed by atoms with E-state index in [1.807, 2.05) is 0 Å². The van der Waals surface area contributed by atoms with Crippen LogP contribution in [0.15, 0.2) is 18.2 Å². The van der Waals surface area contributed by atoms with E-state index in [-0.39, 0.29) is 11.7 Å². The zero-order valence-electron chi connectivity index (χ0n) is 10.3. The molecule has 0 aliphatic carbocycles. The van der Waals surface area contributed by atoms with Crippen LogP contribution in [0.25, 0.3) is 0 Å². The Bertz CT molecular complexity index is 515. The van der Waals surface area contributed by atoms with E-state index in [0.29, 0.717) is 31.7 Å². The van der Waals surface area contributed by atoms with Crippen molar-refractivity contribution >= 4 is 11.6 Å². The molecular weight excluding hydrogens is 251 g/mol. The Balaban J connectivity index is 2.07. The molecule has 0 radical (unpaired) electrons. The Kier molecular flexibility index (Phi) is 2.91. The molecule has 3 rings (SSSR count). The molecule has 1 aromatic rings. The number of nitrogens with one attached hydrogen (secondary N) is 1. The molecule has 2 heterocycles. The smallest absolute Gasteiger partial charge is 0.245 e. The number of ether oxygens (including phenoxy) is 2. The van der Waals surface area contributed by atoms with Crippen LogP contribution in [-0.4, -0.2) is 30.8 Å². The van der Waals surface area contributed by atoms with Gasteiger partial charge in [0.2, 0.25) is 5.91 Å². The van der Waals surface area contributed by atoms with Crippen molar-refractivity contribution in [1.82, 2.24) is 0 Å². The summed E-state index contributed by atoms with van der Waals surface area (Å²) in [4.78, 5) is 12.1. The quantitative estimate of drug-likeness (QED) is 0.735. The van der Waals surface area contributed by atoms with E-state index >= 15 is 0 Å². The van der Waals surface area contributed by atoms with Gasteiger partial charge in [-0.05, 0) is 12.1 Å². The van der Waals surface area contributed by atoms with Crippen LogP contribution in [0.3, 0.4) is 0 Å². The second-order valence-corrected chi connectivity index (χ2v) is 4.86. The van der Waals surface area contributed by atoms with Gasteiger partial charge < -0.3 is 20.5 Å². The van der Waals surface area contributed by atoms with E-state index in [2.05, 4.69) is 5.32 Å². The van der Waals surface area contributed by atoms with Gasteiger partial charge in [0, 0.05) is 12.8 Å². The Hall–Kier alpha value is -1.66. The van der Waals surface area contributed by atoms with Crippen LogP contribution in [0.4, 0.5) is 10.1 Å². The molecule has 1 saturated heterocycles. The van der Waals surface area contributed by atoms with Gasteiger partial charge in [-0.3, -0.25) is 4.79 Å². The predicted octanol–water partition coefficient (Wildman–Crippen LogP) is 1.03. The van der Waals surface area contributed by atoms with Crippen molar-refractivity contribution in [2.75, 3.05) is 18.5 Å². The van der Waals surface area contributed by atoms with E-state index in [4.69, 9.17) is 15.2 Å². The van der Waals surface area contributed by atoms with Crippen molar-refractivity contribution in [2.45, 2.75) is 24.5 Å². The first-order valence-corrected chi connectivity index (χ1v) is 6.24. The summed E-state index contributed by atoms with van der Waals surface area (Å²) in [5.74, 6) is -0.797. The van der Waals surface area contributed by atoms with Crippen LogP contribution in [-0.2, 0) is 9.53 Å². The van der Waals surface area contributed by atoms with Crippen LogP contribution in [0, 0.1) is 5.82 Å². The van der Waals surface area contributed by atoms with Gasteiger partial charge in [0.25, 0.3) is 0 Å². The minimum atomic E-state index is -0.893. The number of fused-ring (bicyclic) bond motifs is 1. The lowest BCUT2D eigenvalue weighted by Gasteiger charge is -2.39. The number of carbonyl (C=O) groups is 1. The minimum absolute atomic E-state index is 0.0608. The summed E-state index contributed by atoms with van der Waals surface area (Å²) in [7, 11) is 0. The molecule has 3 N–H and O–H groups in total. The fourth-order valence-electron chi connectivity index (χ4n) is 2.56. The summed E-state index contributed by atoms with van der Waals surface area (Å²) in [5.41, 5.74) is 5.43. The summed E-state index contributed by atoms with van der Waals surface area (Å²) >= 11 is 0. The van der Waals surface area contributed by atoms with Crippen molar-refractivity contribution in [1.29, 1.82) is 0 Å². The van der Waals surface area contributed by atoms with Gasteiger partial charge in [-0.2, -0.15) is 0 Å².